The van der Waals surface area contributed by atoms with E-state index in [1.165, 1.54) is 33.6 Å². The molecule has 0 aromatic heterocycles. The molecule has 0 saturated carbocycles. The Bertz CT molecular complexity index is 763. The van der Waals surface area contributed by atoms with Crippen molar-refractivity contribution in [1.82, 2.24) is 0 Å². The van der Waals surface area contributed by atoms with E-state index >= 15 is 0 Å². The van der Waals surface area contributed by atoms with Crippen molar-refractivity contribution in [2.45, 2.75) is 79.1 Å². The molecule has 0 spiro atoms. The van der Waals surface area contributed by atoms with Gasteiger partial charge in [0.1, 0.15) is 0 Å². The van der Waals surface area contributed by atoms with E-state index in [0.717, 1.165) is 6.67 Å². The van der Waals surface area contributed by atoms with E-state index in [1.807, 2.05) is 0 Å². The zero-order valence-corrected chi connectivity index (χ0v) is 22.4. The number of para-hydroxylation sites is 2. The number of hydrogen-bond acceptors (Lipinski definition) is 2. The summed E-state index contributed by atoms with van der Waals surface area (Å²) in [7, 11) is 4.45. The molecule has 4 heteroatoms. The predicted octanol–water partition coefficient (Wildman–Crippen LogP) is 8.62. The molecule has 0 unspecified atom stereocenters. The summed E-state index contributed by atoms with van der Waals surface area (Å²) in [6.07, 6.45) is 4.54. The third-order valence-electron chi connectivity index (χ3n) is 5.99. The molecule has 2 aromatic carbocycles. The second kappa shape index (κ2) is 11.6. The van der Waals surface area contributed by atoms with Gasteiger partial charge in [-0.3, -0.25) is 0 Å². The fourth-order valence-corrected chi connectivity index (χ4v) is 4.40. The Hall–Kier alpha value is -1.19. The number of nitrogens with zero attached hydrogens (tertiary/aromatic N) is 2. The number of anilines is 2. The molecule has 2 aromatic rings. The van der Waals surface area contributed by atoms with E-state index in [9.17, 15) is 0 Å². The summed E-state index contributed by atoms with van der Waals surface area (Å²) >= 11 is 2.42. The summed E-state index contributed by atoms with van der Waals surface area (Å²) in [5.74, 6) is 2.00. The normalized spacial score (nSPS) is 13.6. The molecule has 31 heavy (non-hydrogen) atoms. The number of hydrogen-bond donors (Lipinski definition) is 0. The molecule has 0 atom stereocenters. The Morgan fingerprint density at radius 3 is 1.06 bits per heavy atom. The van der Waals surface area contributed by atoms with E-state index in [-0.39, 0.29) is 0 Å². The molecule has 0 amide bonds. The molecule has 1 heterocycles. The summed E-state index contributed by atoms with van der Waals surface area (Å²) in [5.41, 5.74) is 8.52. The first kappa shape index (κ1) is 26.1. The molecule has 0 saturated heterocycles. The van der Waals surface area contributed by atoms with Gasteiger partial charge in [0.2, 0.25) is 0 Å². The Morgan fingerprint density at radius 2 is 0.839 bits per heavy atom. The van der Waals surface area contributed by atoms with Crippen LogP contribution in [0.25, 0.3) is 0 Å². The Kier molecular flexibility index (Phi) is 9.76. The van der Waals surface area contributed by atoms with Gasteiger partial charge in [0.25, 0.3) is 0 Å². The summed E-state index contributed by atoms with van der Waals surface area (Å²) in [5, 5.41) is 0. The summed E-state index contributed by atoms with van der Waals surface area (Å²) in [4.78, 5) is 4.90. The van der Waals surface area contributed by atoms with Gasteiger partial charge in [0.15, 0.2) is 0 Å². The average molecular weight is 534 g/mol. The molecule has 2 nitrogen and oxygen atoms in total. The molecule has 0 bridgehead atoms. The number of rotatable bonds is 6. The van der Waals surface area contributed by atoms with Gasteiger partial charge in [-0.1, -0.05) is 91.8 Å². The summed E-state index contributed by atoms with van der Waals surface area (Å²) < 4.78 is 0. The fourth-order valence-electron chi connectivity index (χ4n) is 4.40. The molecule has 1 aliphatic heterocycles. The van der Waals surface area contributed by atoms with Crippen LogP contribution in [0.15, 0.2) is 48.8 Å². The van der Waals surface area contributed by atoms with Crippen LogP contribution >= 0.6 is 9.19 Å². The van der Waals surface area contributed by atoms with Crippen LogP contribution < -0.4 is 9.80 Å². The van der Waals surface area contributed by atoms with Gasteiger partial charge in [-0.2, -0.15) is 0 Å². The van der Waals surface area contributed by atoms with Crippen LogP contribution in [0.5, 0.6) is 0 Å². The van der Waals surface area contributed by atoms with Crippen molar-refractivity contribution in [1.29, 1.82) is 0 Å². The second-order valence-electron chi connectivity index (χ2n) is 9.57. The van der Waals surface area contributed by atoms with Crippen molar-refractivity contribution in [3.63, 3.8) is 0 Å². The van der Waals surface area contributed by atoms with Gasteiger partial charge < -0.3 is 9.80 Å². The van der Waals surface area contributed by atoms with E-state index in [4.69, 9.17) is 0 Å². The second-order valence-corrected chi connectivity index (χ2v) is 9.57. The van der Waals surface area contributed by atoms with Crippen LogP contribution in [0.2, 0.25) is 0 Å². The van der Waals surface area contributed by atoms with Crippen LogP contribution in [0.3, 0.4) is 0 Å². The first-order chi connectivity index (χ1) is 14.7. The summed E-state index contributed by atoms with van der Waals surface area (Å²) in [6, 6.07) is 13.6. The minimum absolute atomic E-state index is 0.500. The quantitative estimate of drug-likeness (QED) is 0.343. The van der Waals surface area contributed by atoms with Crippen molar-refractivity contribution in [2.24, 2.45) is 0 Å². The molecule has 0 fully saturated rings. The molecule has 0 N–H and O–H groups in total. The minimum atomic E-state index is 0.500. The van der Waals surface area contributed by atoms with Crippen LogP contribution in [-0.4, -0.2) is 6.67 Å². The first-order valence-corrected chi connectivity index (χ1v) is 13.2. The first-order valence-electron chi connectivity index (χ1n) is 11.3. The summed E-state index contributed by atoms with van der Waals surface area (Å²) in [6.45, 7) is 19.2. The maximum atomic E-state index is 4.45. The molecule has 1 aliphatic rings. The molecular formula is C27H38AgClN2. The Morgan fingerprint density at radius 1 is 0.581 bits per heavy atom. The van der Waals surface area contributed by atoms with Crippen molar-refractivity contribution >= 4 is 20.6 Å². The third kappa shape index (κ3) is 5.79. The van der Waals surface area contributed by atoms with Crippen LogP contribution in [-0.2, 0) is 20.0 Å². The van der Waals surface area contributed by atoms with E-state index in [2.05, 4.69) is 143 Å². The number of halogens is 1. The molecule has 0 radical (unpaired) electrons. The molecule has 0 aliphatic carbocycles. The molecule has 3 rings (SSSR count). The average Bonchev–Trinajstić information content (AvgIpc) is 3.23. The Balaban J connectivity index is 0.00000166. The van der Waals surface area contributed by atoms with Crippen LogP contribution in [0.4, 0.5) is 11.4 Å². The topological polar surface area (TPSA) is 6.48 Å². The molecule has 174 valence electrons. The monoisotopic (exact) mass is 532 g/mol. The number of benzene rings is 2. The van der Waals surface area contributed by atoms with E-state index < -0.39 is 0 Å². The fraction of sp³-hybridized carbons (Fsp3) is 0.481. The van der Waals surface area contributed by atoms with Crippen LogP contribution in [0, 0.1) is 0 Å². The van der Waals surface area contributed by atoms with Gasteiger partial charge in [-0.25, -0.2) is 0 Å². The van der Waals surface area contributed by atoms with Crippen molar-refractivity contribution < 1.29 is 20.0 Å². The SMILES string of the molecule is CC(C)c1cccc(C(C)C)c1N1C=CN(c2c(C(C)C)cccc2C(C)C)C1.[Cl][Ag]. The van der Waals surface area contributed by atoms with Crippen molar-refractivity contribution in [2.75, 3.05) is 16.5 Å². The van der Waals surface area contributed by atoms with Crippen molar-refractivity contribution in [3.05, 3.63) is 71.1 Å². The third-order valence-corrected chi connectivity index (χ3v) is 5.99. The van der Waals surface area contributed by atoms with Gasteiger partial charge in [-0.15, -0.1) is 0 Å². The Labute approximate surface area is 206 Å². The predicted molar refractivity (Wildman–Crippen MR) is 134 cm³/mol. The van der Waals surface area contributed by atoms with Gasteiger partial charge in [-0.05, 0) is 45.9 Å². The zero-order valence-electron chi connectivity index (χ0n) is 20.2. The van der Waals surface area contributed by atoms with E-state index in [0.29, 0.717) is 23.7 Å². The van der Waals surface area contributed by atoms with Crippen LogP contribution in [0.1, 0.15) is 101 Å². The standard InChI is InChI=1S/C27H38N2.Ag.ClH/c1-18(2)22-11-9-12-23(19(3)4)26(22)28-15-16-29(17-28)27-24(20(5)6)13-10-14-25(27)21(7)8;;/h9-16,18-21H,17H2,1-8H3;;1H/q;+1;/p-1. The maximum absolute atomic E-state index is 4.45. The van der Waals surface area contributed by atoms with Gasteiger partial charge in [0.05, 0.1) is 6.67 Å². The van der Waals surface area contributed by atoms with Gasteiger partial charge >= 0.3 is 29.2 Å². The molecular weight excluding hydrogens is 496 g/mol. The van der Waals surface area contributed by atoms with Crippen molar-refractivity contribution in [3.8, 4) is 0 Å². The van der Waals surface area contributed by atoms with E-state index in [1.54, 1.807) is 0 Å². The van der Waals surface area contributed by atoms with Gasteiger partial charge in [0, 0.05) is 23.8 Å². The zero-order chi connectivity index (χ0) is 23.3.